The van der Waals surface area contributed by atoms with Crippen molar-refractivity contribution in [2.24, 2.45) is 5.16 Å². The molecular weight excluding hydrogens is 613 g/mol. The SMILES string of the molecule is C/C(=C\Cn1c(C)nc2ccccc21)CCC=C(Cl)Cl.CC(=CCn1c(C)nc2ccccc21)CCC=NOCc1ccccc1. The highest BCUT2D eigenvalue weighted by Gasteiger charge is 2.06. The van der Waals surface area contributed by atoms with E-state index in [-0.39, 0.29) is 0 Å². The Balaban J connectivity index is 0.000000216. The Morgan fingerprint density at radius 1 is 0.696 bits per heavy atom. The van der Waals surface area contributed by atoms with Crippen LogP contribution in [-0.2, 0) is 24.5 Å². The lowest BCUT2D eigenvalue weighted by atomic mass is 10.1. The van der Waals surface area contributed by atoms with E-state index in [1.54, 1.807) is 0 Å². The molecule has 3 aromatic carbocycles. The lowest BCUT2D eigenvalue weighted by molar-refractivity contribution is 0.131. The lowest BCUT2D eigenvalue weighted by Crippen LogP contribution is -1.98. The summed E-state index contributed by atoms with van der Waals surface area (Å²) in [4.78, 5) is 14.5. The first kappa shape index (κ1) is 34.7. The van der Waals surface area contributed by atoms with E-state index in [4.69, 9.17) is 28.0 Å². The first-order valence-corrected chi connectivity index (χ1v) is 16.4. The van der Waals surface area contributed by atoms with Crippen molar-refractivity contribution in [3.8, 4) is 0 Å². The molecule has 2 aromatic heterocycles. The van der Waals surface area contributed by atoms with Crippen LogP contribution in [0.4, 0.5) is 0 Å². The van der Waals surface area contributed by atoms with E-state index < -0.39 is 0 Å². The summed E-state index contributed by atoms with van der Waals surface area (Å²) in [7, 11) is 0. The topological polar surface area (TPSA) is 57.2 Å². The van der Waals surface area contributed by atoms with Gasteiger partial charge in [0.1, 0.15) is 22.7 Å². The minimum absolute atomic E-state index is 0.342. The number of benzene rings is 3. The second-order valence-corrected chi connectivity index (χ2v) is 12.2. The zero-order chi connectivity index (χ0) is 32.7. The van der Waals surface area contributed by atoms with E-state index in [9.17, 15) is 0 Å². The largest absolute Gasteiger partial charge is 0.391 e. The van der Waals surface area contributed by atoms with Crippen molar-refractivity contribution in [2.75, 3.05) is 0 Å². The fourth-order valence-corrected chi connectivity index (χ4v) is 5.26. The molecule has 46 heavy (non-hydrogen) atoms. The molecule has 0 spiro atoms. The summed E-state index contributed by atoms with van der Waals surface area (Å²) in [5, 5.41) is 4.04. The van der Waals surface area contributed by atoms with Gasteiger partial charge in [-0.05, 0) is 83.2 Å². The van der Waals surface area contributed by atoms with Gasteiger partial charge in [0.05, 0.1) is 22.1 Å². The fourth-order valence-electron chi connectivity index (χ4n) is 5.04. The molecule has 0 N–H and O–H groups in total. The highest BCUT2D eigenvalue weighted by atomic mass is 35.5. The van der Waals surface area contributed by atoms with Gasteiger partial charge in [-0.3, -0.25) is 0 Å². The number of halogens is 2. The zero-order valence-corrected chi connectivity index (χ0v) is 28.7. The molecule has 240 valence electrons. The predicted octanol–water partition coefficient (Wildman–Crippen LogP) is 10.7. The van der Waals surface area contributed by atoms with Crippen molar-refractivity contribution >= 4 is 51.5 Å². The van der Waals surface area contributed by atoms with Gasteiger partial charge in [-0.1, -0.05) is 112 Å². The van der Waals surface area contributed by atoms with Crippen molar-refractivity contribution in [3.05, 3.63) is 130 Å². The molecule has 0 radical (unpaired) electrons. The third-order valence-electron chi connectivity index (χ3n) is 7.66. The van der Waals surface area contributed by atoms with Crippen LogP contribution < -0.4 is 0 Å². The van der Waals surface area contributed by atoms with E-state index in [1.165, 1.54) is 22.2 Å². The van der Waals surface area contributed by atoms with Crippen LogP contribution in [0, 0.1) is 13.8 Å². The van der Waals surface area contributed by atoms with Gasteiger partial charge in [0.2, 0.25) is 0 Å². The molecule has 0 saturated carbocycles. The lowest BCUT2D eigenvalue weighted by Gasteiger charge is -2.04. The normalized spacial score (nSPS) is 12.0. The Bertz CT molecular complexity index is 1810. The Kier molecular flexibility index (Phi) is 13.7. The van der Waals surface area contributed by atoms with Crippen molar-refractivity contribution in [2.45, 2.75) is 73.1 Å². The number of oxime groups is 1. The zero-order valence-electron chi connectivity index (χ0n) is 27.2. The monoisotopic (exact) mass is 655 g/mol. The van der Waals surface area contributed by atoms with Gasteiger partial charge >= 0.3 is 0 Å². The van der Waals surface area contributed by atoms with E-state index in [2.05, 4.69) is 81.4 Å². The van der Waals surface area contributed by atoms with E-state index in [1.807, 2.05) is 73.8 Å². The number of para-hydroxylation sites is 4. The van der Waals surface area contributed by atoms with Gasteiger partial charge in [-0.15, -0.1) is 0 Å². The maximum absolute atomic E-state index is 5.60. The summed E-state index contributed by atoms with van der Waals surface area (Å²) in [6.07, 6.45) is 11.9. The van der Waals surface area contributed by atoms with E-state index in [0.29, 0.717) is 11.1 Å². The smallest absolute Gasteiger partial charge is 0.142 e. The second-order valence-electron chi connectivity index (χ2n) is 11.2. The Hall–Kier alpha value is -4.13. The second kappa shape index (κ2) is 18.1. The van der Waals surface area contributed by atoms with Crippen LogP contribution in [-0.4, -0.2) is 25.3 Å². The molecule has 6 nitrogen and oxygen atoms in total. The van der Waals surface area contributed by atoms with Crippen LogP contribution >= 0.6 is 23.2 Å². The van der Waals surface area contributed by atoms with Crippen LogP contribution in [0.25, 0.3) is 22.1 Å². The van der Waals surface area contributed by atoms with Crippen LogP contribution in [0.3, 0.4) is 0 Å². The van der Waals surface area contributed by atoms with Crippen LogP contribution in [0.15, 0.2) is 118 Å². The van der Waals surface area contributed by atoms with Gasteiger partial charge in [-0.25, -0.2) is 9.97 Å². The Labute approximate surface area is 282 Å². The number of nitrogens with zero attached hydrogens (tertiary/aromatic N) is 5. The van der Waals surface area contributed by atoms with Crippen molar-refractivity contribution in [3.63, 3.8) is 0 Å². The predicted molar refractivity (Wildman–Crippen MR) is 194 cm³/mol. The minimum Gasteiger partial charge on any atom is -0.391 e. The molecule has 0 bridgehead atoms. The quantitative estimate of drug-likeness (QED) is 0.0720. The van der Waals surface area contributed by atoms with Gasteiger partial charge in [0, 0.05) is 19.3 Å². The Morgan fingerprint density at radius 2 is 1.20 bits per heavy atom. The maximum Gasteiger partial charge on any atom is 0.142 e. The maximum atomic E-state index is 5.60. The molecule has 5 rings (SSSR count). The number of hydrogen-bond donors (Lipinski definition) is 0. The van der Waals surface area contributed by atoms with E-state index in [0.717, 1.165) is 67.0 Å². The summed E-state index contributed by atoms with van der Waals surface area (Å²) in [5.74, 6) is 2.09. The van der Waals surface area contributed by atoms with Gasteiger partial charge in [0.25, 0.3) is 0 Å². The molecule has 0 atom stereocenters. The number of rotatable bonds is 13. The van der Waals surface area contributed by atoms with Crippen LogP contribution in [0.5, 0.6) is 0 Å². The third kappa shape index (κ3) is 10.7. The van der Waals surface area contributed by atoms with Gasteiger partial charge < -0.3 is 14.0 Å². The summed E-state index contributed by atoms with van der Waals surface area (Å²) in [6.45, 7) is 10.6. The molecule has 0 unspecified atom stereocenters. The molecule has 5 aromatic rings. The molecule has 0 fully saturated rings. The first-order chi connectivity index (χ1) is 22.3. The third-order valence-corrected chi connectivity index (χ3v) is 7.97. The molecule has 0 aliphatic heterocycles. The number of imidazole rings is 2. The average molecular weight is 657 g/mol. The number of hydrogen-bond acceptors (Lipinski definition) is 4. The molecule has 0 aliphatic carbocycles. The average Bonchev–Trinajstić information content (AvgIpc) is 3.55. The van der Waals surface area contributed by atoms with Crippen molar-refractivity contribution in [1.82, 2.24) is 19.1 Å². The number of allylic oxidation sites excluding steroid dienone is 5. The van der Waals surface area contributed by atoms with E-state index >= 15 is 0 Å². The minimum atomic E-state index is 0.342. The number of aryl methyl sites for hydroxylation is 2. The highest BCUT2D eigenvalue weighted by Crippen LogP contribution is 2.18. The standard InChI is InChI=1S/C22H25N3O.C16H18Cl2N2/c1-18(9-8-15-23-26-17-20-10-4-3-5-11-20)14-16-25-19(2)24-21-12-6-7-13-22(21)25;1-12(6-5-9-16(17)18)10-11-20-13(2)19-14-7-3-4-8-15(14)20/h3-7,10-15H,8-9,16-17H2,1-2H3;3-4,7-10H,5-6,11H2,1-2H3/b;12-10+. The molecule has 0 amide bonds. The molecule has 0 aliphatic rings. The highest BCUT2D eigenvalue weighted by molar-refractivity contribution is 6.55. The first-order valence-electron chi connectivity index (χ1n) is 15.7. The summed E-state index contributed by atoms with van der Waals surface area (Å²) in [6, 6.07) is 26.5. The Morgan fingerprint density at radius 3 is 1.74 bits per heavy atom. The van der Waals surface area contributed by atoms with Crippen molar-refractivity contribution < 1.29 is 4.84 Å². The van der Waals surface area contributed by atoms with Crippen LogP contribution in [0.1, 0.15) is 56.7 Å². The van der Waals surface area contributed by atoms with Gasteiger partial charge in [0.15, 0.2) is 0 Å². The fraction of sp³-hybridized carbons (Fsp3) is 0.289. The van der Waals surface area contributed by atoms with Crippen molar-refractivity contribution in [1.29, 1.82) is 0 Å². The summed E-state index contributed by atoms with van der Waals surface area (Å²) >= 11 is 11.2. The van der Waals surface area contributed by atoms with Crippen LogP contribution in [0.2, 0.25) is 0 Å². The summed E-state index contributed by atoms with van der Waals surface area (Å²) < 4.78 is 4.81. The number of fused-ring (bicyclic) bond motifs is 2. The molecule has 0 saturated heterocycles. The number of aromatic nitrogens is 4. The molecular formula is C38H43Cl2N5O. The molecule has 8 heteroatoms. The summed E-state index contributed by atoms with van der Waals surface area (Å²) in [5.41, 5.74) is 8.27. The van der Waals surface area contributed by atoms with Gasteiger partial charge in [-0.2, -0.15) is 0 Å². The molecule has 2 heterocycles.